The van der Waals surface area contributed by atoms with Gasteiger partial charge >= 0.3 is 0 Å². The number of piperidine rings is 1. The minimum atomic E-state index is 0.0660. The molecular formula is C23H26ClN5O. The van der Waals surface area contributed by atoms with Crippen LogP contribution in [0.3, 0.4) is 0 Å². The van der Waals surface area contributed by atoms with E-state index in [2.05, 4.69) is 15.9 Å². The van der Waals surface area contributed by atoms with Gasteiger partial charge in [0.05, 0.1) is 16.9 Å². The average Bonchev–Trinajstić information content (AvgIpc) is 3.38. The maximum Gasteiger partial charge on any atom is 0.257 e. The van der Waals surface area contributed by atoms with Crippen LogP contribution in [0.4, 0.5) is 0 Å². The molecule has 0 saturated carbocycles. The normalized spacial score (nSPS) is 17.2. The Kier molecular flexibility index (Phi) is 5.11. The van der Waals surface area contributed by atoms with Crippen molar-refractivity contribution < 1.29 is 4.79 Å². The number of nitrogens with zero attached hydrogens (tertiary/aromatic N) is 5. The Labute approximate surface area is 181 Å². The Morgan fingerprint density at radius 2 is 1.87 bits per heavy atom. The Morgan fingerprint density at radius 1 is 1.10 bits per heavy atom. The molecule has 0 unspecified atom stereocenters. The second kappa shape index (κ2) is 7.91. The fourth-order valence-electron chi connectivity index (χ4n) is 4.69. The van der Waals surface area contributed by atoms with E-state index in [9.17, 15) is 4.79 Å². The van der Waals surface area contributed by atoms with E-state index in [1.54, 1.807) is 4.68 Å². The molecule has 30 heavy (non-hydrogen) atoms. The average molecular weight is 424 g/mol. The maximum absolute atomic E-state index is 13.2. The Hall–Kier alpha value is -2.60. The third-order valence-electron chi connectivity index (χ3n) is 6.40. The van der Waals surface area contributed by atoms with Gasteiger partial charge in [0.15, 0.2) is 0 Å². The van der Waals surface area contributed by atoms with E-state index < -0.39 is 0 Å². The monoisotopic (exact) mass is 423 g/mol. The molecule has 1 amide bonds. The molecule has 4 heterocycles. The van der Waals surface area contributed by atoms with Crippen LogP contribution in [-0.2, 0) is 13.0 Å². The predicted octanol–water partition coefficient (Wildman–Crippen LogP) is 4.39. The summed E-state index contributed by atoms with van der Waals surface area (Å²) < 4.78 is 4.18. The van der Waals surface area contributed by atoms with Gasteiger partial charge in [0.2, 0.25) is 0 Å². The summed E-state index contributed by atoms with van der Waals surface area (Å²) in [5.41, 5.74) is 3.69. The Bertz CT molecular complexity index is 1060. The molecule has 6 nitrogen and oxygen atoms in total. The zero-order chi connectivity index (χ0) is 20.7. The van der Waals surface area contributed by atoms with Gasteiger partial charge in [-0.2, -0.15) is 5.10 Å². The summed E-state index contributed by atoms with van der Waals surface area (Å²) in [7, 11) is 0. The van der Waals surface area contributed by atoms with Crippen molar-refractivity contribution in [2.24, 2.45) is 0 Å². The molecule has 3 aromatic rings. The van der Waals surface area contributed by atoms with Crippen LogP contribution < -0.4 is 0 Å². The van der Waals surface area contributed by atoms with Crippen LogP contribution in [0, 0.1) is 6.92 Å². The molecule has 0 spiro atoms. The van der Waals surface area contributed by atoms with Crippen LogP contribution in [-0.4, -0.2) is 43.2 Å². The van der Waals surface area contributed by atoms with E-state index in [4.69, 9.17) is 16.6 Å². The summed E-state index contributed by atoms with van der Waals surface area (Å²) in [5, 5.41) is 5.22. The van der Waals surface area contributed by atoms with Crippen LogP contribution in [0.2, 0.25) is 5.02 Å². The number of likely N-dealkylation sites (tertiary alicyclic amines) is 1. The van der Waals surface area contributed by atoms with Gasteiger partial charge in [-0.1, -0.05) is 11.6 Å². The summed E-state index contributed by atoms with van der Waals surface area (Å²) in [4.78, 5) is 19.9. The number of carbonyl (C=O) groups is 1. The first-order valence-electron chi connectivity index (χ1n) is 10.8. The van der Waals surface area contributed by atoms with Gasteiger partial charge < -0.3 is 9.47 Å². The third-order valence-corrected chi connectivity index (χ3v) is 6.65. The predicted molar refractivity (Wildman–Crippen MR) is 116 cm³/mol. The van der Waals surface area contributed by atoms with Crippen molar-refractivity contribution in [3.8, 4) is 5.69 Å². The first-order valence-corrected chi connectivity index (χ1v) is 11.1. The molecule has 2 aromatic heterocycles. The summed E-state index contributed by atoms with van der Waals surface area (Å²) in [6.07, 6.45) is 9.46. The molecule has 0 N–H and O–H groups in total. The lowest BCUT2D eigenvalue weighted by Crippen LogP contribution is -2.38. The highest BCUT2D eigenvalue weighted by molar-refractivity contribution is 6.30. The lowest BCUT2D eigenvalue weighted by molar-refractivity contribution is 0.0709. The number of aryl methyl sites for hydroxylation is 2. The third kappa shape index (κ3) is 3.54. The van der Waals surface area contributed by atoms with Gasteiger partial charge in [-0.25, -0.2) is 9.67 Å². The highest BCUT2D eigenvalue weighted by atomic mass is 35.5. The number of fused-ring (bicyclic) bond motifs is 1. The van der Waals surface area contributed by atoms with E-state index in [-0.39, 0.29) is 5.91 Å². The Balaban J connectivity index is 1.28. The maximum atomic E-state index is 13.2. The second-order valence-corrected chi connectivity index (χ2v) is 8.77. The number of aromatic nitrogens is 4. The van der Waals surface area contributed by atoms with E-state index in [0.717, 1.165) is 50.3 Å². The van der Waals surface area contributed by atoms with Crippen LogP contribution in [0.25, 0.3) is 5.69 Å². The second-order valence-electron chi connectivity index (χ2n) is 8.33. The van der Waals surface area contributed by atoms with Crippen molar-refractivity contribution in [1.29, 1.82) is 0 Å². The van der Waals surface area contributed by atoms with Gasteiger partial charge in [-0.3, -0.25) is 4.79 Å². The van der Waals surface area contributed by atoms with Gasteiger partial charge in [0.25, 0.3) is 5.91 Å². The van der Waals surface area contributed by atoms with Gasteiger partial charge in [0, 0.05) is 48.7 Å². The van der Waals surface area contributed by atoms with E-state index >= 15 is 0 Å². The smallest absolute Gasteiger partial charge is 0.257 e. The molecule has 0 aliphatic carbocycles. The van der Waals surface area contributed by atoms with Crippen molar-refractivity contribution in [3.63, 3.8) is 0 Å². The number of rotatable bonds is 3. The zero-order valence-corrected chi connectivity index (χ0v) is 18.0. The number of hydrogen-bond acceptors (Lipinski definition) is 3. The van der Waals surface area contributed by atoms with E-state index in [1.807, 2.05) is 42.3 Å². The number of benzene rings is 1. The lowest BCUT2D eigenvalue weighted by Gasteiger charge is -2.32. The molecule has 1 saturated heterocycles. The minimum Gasteiger partial charge on any atom is -0.338 e. The van der Waals surface area contributed by atoms with Gasteiger partial charge in [-0.15, -0.1) is 0 Å². The molecule has 156 valence electrons. The first-order chi connectivity index (χ1) is 14.6. The fourth-order valence-corrected chi connectivity index (χ4v) is 4.82. The van der Waals surface area contributed by atoms with Crippen LogP contribution in [0.1, 0.15) is 59.2 Å². The van der Waals surface area contributed by atoms with E-state index in [1.165, 1.54) is 24.4 Å². The van der Waals surface area contributed by atoms with Gasteiger partial charge in [0.1, 0.15) is 5.82 Å². The van der Waals surface area contributed by atoms with Crippen LogP contribution in [0.5, 0.6) is 0 Å². The molecular weight excluding hydrogens is 398 g/mol. The molecule has 1 aromatic carbocycles. The largest absolute Gasteiger partial charge is 0.338 e. The van der Waals surface area contributed by atoms with E-state index in [0.29, 0.717) is 16.5 Å². The molecule has 2 aliphatic rings. The number of halogens is 1. The van der Waals surface area contributed by atoms with Crippen molar-refractivity contribution in [2.75, 3.05) is 13.1 Å². The molecule has 7 heteroatoms. The fraction of sp³-hybridized carbons (Fsp3) is 0.435. The molecule has 0 radical (unpaired) electrons. The number of carbonyl (C=O) groups excluding carboxylic acids is 1. The van der Waals surface area contributed by atoms with Crippen molar-refractivity contribution in [3.05, 3.63) is 64.5 Å². The van der Waals surface area contributed by atoms with Crippen molar-refractivity contribution in [2.45, 2.75) is 51.5 Å². The SMILES string of the molecule is Cc1nn(-c2ccc(Cl)cc2)cc1C(=O)N1CCC(c2ncc3n2CCCC3)CC1. The van der Waals surface area contributed by atoms with Gasteiger partial charge in [-0.05, 0) is 63.3 Å². The highest BCUT2D eigenvalue weighted by Crippen LogP contribution is 2.30. The first kappa shape index (κ1) is 19.4. The lowest BCUT2D eigenvalue weighted by atomic mass is 9.95. The summed E-state index contributed by atoms with van der Waals surface area (Å²) in [6, 6.07) is 7.46. The molecule has 0 atom stereocenters. The number of hydrogen-bond donors (Lipinski definition) is 0. The minimum absolute atomic E-state index is 0.0660. The standard InChI is InChI=1S/C23H26ClN5O/c1-16-21(15-29(26-16)19-7-5-18(24)6-8-19)23(30)27-12-9-17(10-13-27)22-25-14-20-4-2-3-11-28(20)22/h5-8,14-15,17H,2-4,9-13H2,1H3. The van der Waals surface area contributed by atoms with Crippen LogP contribution in [0.15, 0.2) is 36.7 Å². The van der Waals surface area contributed by atoms with Crippen molar-refractivity contribution in [1.82, 2.24) is 24.2 Å². The highest BCUT2D eigenvalue weighted by Gasteiger charge is 2.29. The number of amides is 1. The topological polar surface area (TPSA) is 56.0 Å². The summed E-state index contributed by atoms with van der Waals surface area (Å²) in [5.74, 6) is 1.73. The molecule has 1 fully saturated rings. The zero-order valence-electron chi connectivity index (χ0n) is 17.2. The number of imidazole rings is 1. The Morgan fingerprint density at radius 3 is 2.63 bits per heavy atom. The molecule has 5 rings (SSSR count). The van der Waals surface area contributed by atoms with Crippen molar-refractivity contribution >= 4 is 17.5 Å². The quantitative estimate of drug-likeness (QED) is 0.627. The van der Waals surface area contributed by atoms with Crippen LogP contribution >= 0.6 is 11.6 Å². The summed E-state index contributed by atoms with van der Waals surface area (Å²) in [6.45, 7) is 4.50. The molecule has 2 aliphatic heterocycles. The summed E-state index contributed by atoms with van der Waals surface area (Å²) >= 11 is 5.98. The molecule has 0 bridgehead atoms.